The fourth-order valence-corrected chi connectivity index (χ4v) is 3.12. The highest BCUT2D eigenvalue weighted by Crippen LogP contribution is 2.11. The smallest absolute Gasteiger partial charge is 0.325 e. The van der Waals surface area contributed by atoms with Crippen molar-refractivity contribution in [3.05, 3.63) is 35.9 Å². The van der Waals surface area contributed by atoms with Crippen molar-refractivity contribution in [1.82, 2.24) is 15.1 Å². The van der Waals surface area contributed by atoms with Gasteiger partial charge in [-0.2, -0.15) is 0 Å². The van der Waals surface area contributed by atoms with E-state index in [2.05, 4.69) is 5.32 Å². The average Bonchev–Trinajstić information content (AvgIpc) is 2.80. The van der Waals surface area contributed by atoms with E-state index in [1.165, 1.54) is 4.90 Å². The summed E-state index contributed by atoms with van der Waals surface area (Å²) in [5.74, 6) is -1.16. The van der Waals surface area contributed by atoms with E-state index in [1.54, 1.807) is 7.05 Å². The number of likely N-dealkylation sites (N-methyl/N-ethyl adjacent to an activating group) is 1. The normalized spacial score (nSPS) is 17.5. The molecule has 1 fully saturated rings. The number of imide groups is 1. The number of amides is 4. The molecule has 136 valence electrons. The van der Waals surface area contributed by atoms with E-state index in [1.807, 2.05) is 30.3 Å². The maximum absolute atomic E-state index is 12.3. The molecule has 0 aromatic heterocycles. The van der Waals surface area contributed by atoms with Gasteiger partial charge in [0.25, 0.3) is 5.91 Å². The number of sulfone groups is 1. The number of urea groups is 1. The zero-order chi connectivity index (χ0) is 18.6. The van der Waals surface area contributed by atoms with E-state index in [9.17, 15) is 22.8 Å². The molecule has 0 unspecified atom stereocenters. The van der Waals surface area contributed by atoms with Crippen LogP contribution >= 0.6 is 0 Å². The maximum Gasteiger partial charge on any atom is 0.325 e. The molecule has 9 heteroatoms. The highest BCUT2D eigenvalue weighted by Gasteiger charge is 2.39. The van der Waals surface area contributed by atoms with Crippen LogP contribution in [0.3, 0.4) is 0 Å². The largest absolute Gasteiger partial charge is 0.340 e. The molecule has 0 saturated carbocycles. The van der Waals surface area contributed by atoms with E-state index in [0.717, 1.165) is 16.7 Å². The Morgan fingerprint density at radius 1 is 1.24 bits per heavy atom. The Bertz CT molecular complexity index is 763. The molecule has 1 aromatic carbocycles. The summed E-state index contributed by atoms with van der Waals surface area (Å²) < 4.78 is 22.4. The molecule has 8 nitrogen and oxygen atoms in total. The van der Waals surface area contributed by atoms with Gasteiger partial charge in [-0.05, 0) is 12.0 Å². The average molecular weight is 367 g/mol. The molecule has 1 aromatic rings. The van der Waals surface area contributed by atoms with Crippen LogP contribution in [-0.2, 0) is 26.0 Å². The molecule has 0 radical (unpaired) electrons. The molecule has 1 N–H and O–H groups in total. The lowest BCUT2D eigenvalue weighted by Crippen LogP contribution is -2.41. The molecular formula is C16H21N3O5S. The van der Waals surface area contributed by atoms with Crippen molar-refractivity contribution in [2.24, 2.45) is 0 Å². The number of nitrogens with one attached hydrogen (secondary N) is 1. The number of nitrogens with zero attached hydrogens (tertiary/aromatic N) is 2. The standard InChI is InChI=1S/C16H21N3O5S/c1-18(10-12-6-4-3-5-7-12)14(20)11-19-15(21)13(17-16(19)22)8-9-25(2,23)24/h3-7,13H,8-11H2,1-2H3,(H,17,22)/t13-/m0/s1. The number of carbonyl (C=O) groups is 3. The van der Waals surface area contributed by atoms with Crippen LogP contribution in [0.2, 0.25) is 0 Å². The Morgan fingerprint density at radius 3 is 2.48 bits per heavy atom. The molecule has 25 heavy (non-hydrogen) atoms. The molecule has 1 aliphatic heterocycles. The quantitative estimate of drug-likeness (QED) is 0.683. The minimum absolute atomic E-state index is 0.00600. The first-order valence-electron chi connectivity index (χ1n) is 7.75. The monoisotopic (exact) mass is 367 g/mol. The highest BCUT2D eigenvalue weighted by molar-refractivity contribution is 7.90. The van der Waals surface area contributed by atoms with Crippen molar-refractivity contribution in [1.29, 1.82) is 0 Å². The van der Waals surface area contributed by atoms with Gasteiger partial charge in [0.2, 0.25) is 5.91 Å². The number of carbonyl (C=O) groups excluding carboxylic acids is 3. The van der Waals surface area contributed by atoms with Crippen LogP contribution in [0.4, 0.5) is 4.79 Å². The van der Waals surface area contributed by atoms with Crippen LogP contribution in [0, 0.1) is 0 Å². The predicted molar refractivity (Wildman–Crippen MR) is 91.3 cm³/mol. The third-order valence-corrected chi connectivity index (χ3v) is 4.84. The summed E-state index contributed by atoms with van der Waals surface area (Å²) >= 11 is 0. The van der Waals surface area contributed by atoms with Crippen LogP contribution in [0.5, 0.6) is 0 Å². The van der Waals surface area contributed by atoms with Crippen LogP contribution in [0.1, 0.15) is 12.0 Å². The minimum Gasteiger partial charge on any atom is -0.340 e. The van der Waals surface area contributed by atoms with E-state index in [-0.39, 0.29) is 24.6 Å². The lowest BCUT2D eigenvalue weighted by Gasteiger charge is -2.20. The summed E-state index contributed by atoms with van der Waals surface area (Å²) in [6.07, 6.45) is 1.06. The maximum atomic E-state index is 12.3. The summed E-state index contributed by atoms with van der Waals surface area (Å²) in [5.41, 5.74) is 0.932. The SMILES string of the molecule is CN(Cc1ccccc1)C(=O)CN1C(=O)N[C@@H](CCS(C)(=O)=O)C1=O. The lowest BCUT2D eigenvalue weighted by molar-refractivity contribution is -0.136. The molecule has 1 saturated heterocycles. The Labute approximate surface area is 146 Å². The first-order chi connectivity index (χ1) is 11.7. The van der Waals surface area contributed by atoms with Gasteiger partial charge in [-0.1, -0.05) is 30.3 Å². The van der Waals surface area contributed by atoms with Gasteiger partial charge in [-0.25, -0.2) is 13.2 Å². The second-order valence-electron chi connectivity index (χ2n) is 6.08. The van der Waals surface area contributed by atoms with Crippen molar-refractivity contribution in [2.75, 3.05) is 25.6 Å². The topological polar surface area (TPSA) is 104 Å². The number of hydrogen-bond acceptors (Lipinski definition) is 5. The van der Waals surface area contributed by atoms with Crippen molar-refractivity contribution in [2.45, 2.75) is 19.0 Å². The fraction of sp³-hybridized carbons (Fsp3) is 0.438. The zero-order valence-corrected chi connectivity index (χ0v) is 15.0. The van der Waals surface area contributed by atoms with Crippen molar-refractivity contribution in [3.63, 3.8) is 0 Å². The number of benzene rings is 1. The Morgan fingerprint density at radius 2 is 1.88 bits per heavy atom. The van der Waals surface area contributed by atoms with Gasteiger partial charge in [0, 0.05) is 19.8 Å². The third kappa shape index (κ3) is 5.28. The van der Waals surface area contributed by atoms with Gasteiger partial charge in [-0.3, -0.25) is 14.5 Å². The lowest BCUT2D eigenvalue weighted by atomic mass is 10.2. The molecule has 0 bridgehead atoms. The van der Waals surface area contributed by atoms with Gasteiger partial charge >= 0.3 is 6.03 Å². The van der Waals surface area contributed by atoms with Gasteiger partial charge in [0.05, 0.1) is 5.75 Å². The van der Waals surface area contributed by atoms with Crippen LogP contribution in [-0.4, -0.2) is 67.7 Å². The summed E-state index contributed by atoms with van der Waals surface area (Å²) in [7, 11) is -1.65. The molecule has 1 atom stereocenters. The van der Waals surface area contributed by atoms with E-state index in [0.29, 0.717) is 6.54 Å². The van der Waals surface area contributed by atoms with E-state index < -0.39 is 27.8 Å². The van der Waals surface area contributed by atoms with Gasteiger partial charge in [0.15, 0.2) is 0 Å². The summed E-state index contributed by atoms with van der Waals surface area (Å²) in [6, 6.07) is 7.75. The molecule has 2 rings (SSSR count). The van der Waals surface area contributed by atoms with Crippen LogP contribution < -0.4 is 5.32 Å². The fourth-order valence-electron chi connectivity index (χ4n) is 2.46. The Hall–Kier alpha value is -2.42. The van der Waals surface area contributed by atoms with Gasteiger partial charge < -0.3 is 10.2 Å². The Balaban J connectivity index is 1.93. The number of rotatable bonds is 7. The number of hydrogen-bond donors (Lipinski definition) is 1. The van der Waals surface area contributed by atoms with Crippen LogP contribution in [0.15, 0.2) is 30.3 Å². The van der Waals surface area contributed by atoms with Crippen molar-refractivity contribution >= 4 is 27.7 Å². The van der Waals surface area contributed by atoms with Gasteiger partial charge in [-0.15, -0.1) is 0 Å². The second kappa shape index (κ2) is 7.64. The first kappa shape index (κ1) is 18.9. The highest BCUT2D eigenvalue weighted by atomic mass is 32.2. The molecular weight excluding hydrogens is 346 g/mol. The van der Waals surface area contributed by atoms with Crippen molar-refractivity contribution in [3.8, 4) is 0 Å². The molecule has 1 heterocycles. The van der Waals surface area contributed by atoms with E-state index in [4.69, 9.17) is 0 Å². The molecule has 0 spiro atoms. The summed E-state index contributed by atoms with van der Waals surface area (Å²) in [5, 5.41) is 2.42. The molecule has 4 amide bonds. The molecule has 0 aliphatic carbocycles. The summed E-state index contributed by atoms with van der Waals surface area (Å²) in [4.78, 5) is 38.7. The molecule has 1 aliphatic rings. The Kier molecular flexibility index (Phi) is 5.78. The zero-order valence-electron chi connectivity index (χ0n) is 14.1. The minimum atomic E-state index is -3.24. The van der Waals surface area contributed by atoms with Crippen molar-refractivity contribution < 1.29 is 22.8 Å². The third-order valence-electron chi connectivity index (χ3n) is 3.87. The first-order valence-corrected chi connectivity index (χ1v) is 9.81. The second-order valence-corrected chi connectivity index (χ2v) is 8.34. The van der Waals surface area contributed by atoms with E-state index >= 15 is 0 Å². The summed E-state index contributed by atoms with van der Waals surface area (Å²) in [6.45, 7) is -0.00972. The van der Waals surface area contributed by atoms with Crippen LogP contribution in [0.25, 0.3) is 0 Å². The predicted octanol–water partition coefficient (Wildman–Crippen LogP) is 0.000100. The van der Waals surface area contributed by atoms with Gasteiger partial charge in [0.1, 0.15) is 22.4 Å².